The molecule has 2 N–H and O–H groups in total. The minimum atomic E-state index is -4.42. The normalized spacial score (nSPS) is 11.1. The Morgan fingerprint density at radius 2 is 1.79 bits per heavy atom. The van der Waals surface area contributed by atoms with Crippen LogP contribution in [-0.4, -0.2) is 15.9 Å². The van der Waals surface area contributed by atoms with E-state index in [1.807, 2.05) is 12.1 Å². The molecule has 0 aliphatic heterocycles. The van der Waals surface area contributed by atoms with Crippen molar-refractivity contribution < 1.29 is 18.0 Å². The van der Waals surface area contributed by atoms with E-state index in [0.717, 1.165) is 17.7 Å². The molecule has 0 saturated carbocycles. The van der Waals surface area contributed by atoms with E-state index in [2.05, 4.69) is 20.6 Å². The fourth-order valence-electron chi connectivity index (χ4n) is 2.51. The standard InChI is InChI=1S/C20H17F3N4O/c21-20(22,23)17-5-1-3-14(9-17)12-27-19(28)16-6-8-25-18(10-16)26-13-15-4-2-7-24-11-15/h1-11H,12-13H2,(H,25,26)(H,27,28). The van der Waals surface area contributed by atoms with Gasteiger partial charge in [0, 0.05) is 37.2 Å². The summed E-state index contributed by atoms with van der Waals surface area (Å²) in [5, 5.41) is 5.72. The minimum Gasteiger partial charge on any atom is -0.366 e. The van der Waals surface area contributed by atoms with E-state index in [-0.39, 0.29) is 6.54 Å². The van der Waals surface area contributed by atoms with Crippen molar-refractivity contribution in [1.82, 2.24) is 15.3 Å². The van der Waals surface area contributed by atoms with Crippen LogP contribution in [0.3, 0.4) is 0 Å². The lowest BCUT2D eigenvalue weighted by Crippen LogP contribution is -2.23. The molecular weight excluding hydrogens is 369 g/mol. The quantitative estimate of drug-likeness (QED) is 0.671. The molecule has 0 saturated heterocycles. The van der Waals surface area contributed by atoms with Crippen LogP contribution in [0.5, 0.6) is 0 Å². The molecule has 1 aromatic carbocycles. The number of halogens is 3. The highest BCUT2D eigenvalue weighted by atomic mass is 19.4. The van der Waals surface area contributed by atoms with Crippen LogP contribution in [0.15, 0.2) is 67.1 Å². The zero-order valence-corrected chi connectivity index (χ0v) is 14.7. The lowest BCUT2D eigenvalue weighted by Gasteiger charge is -2.10. The first kappa shape index (κ1) is 19.3. The predicted molar refractivity (Wildman–Crippen MR) is 98.4 cm³/mol. The van der Waals surface area contributed by atoms with Crippen LogP contribution in [0.25, 0.3) is 0 Å². The van der Waals surface area contributed by atoms with Gasteiger partial charge in [-0.3, -0.25) is 9.78 Å². The maximum atomic E-state index is 12.8. The topological polar surface area (TPSA) is 66.9 Å². The van der Waals surface area contributed by atoms with Gasteiger partial charge in [-0.2, -0.15) is 13.2 Å². The van der Waals surface area contributed by atoms with Crippen LogP contribution in [0.1, 0.15) is 27.0 Å². The van der Waals surface area contributed by atoms with Crippen LogP contribution in [-0.2, 0) is 19.3 Å². The second-order valence-corrected chi connectivity index (χ2v) is 6.03. The number of alkyl halides is 3. The van der Waals surface area contributed by atoms with Crippen LogP contribution < -0.4 is 10.6 Å². The molecule has 5 nitrogen and oxygen atoms in total. The van der Waals surface area contributed by atoms with E-state index in [4.69, 9.17) is 0 Å². The fourth-order valence-corrected chi connectivity index (χ4v) is 2.51. The van der Waals surface area contributed by atoms with Crippen molar-refractivity contribution >= 4 is 11.7 Å². The first-order chi connectivity index (χ1) is 13.4. The summed E-state index contributed by atoms with van der Waals surface area (Å²) in [5.74, 6) is 0.111. The number of carbonyl (C=O) groups excluding carboxylic acids is 1. The van der Waals surface area contributed by atoms with Gasteiger partial charge >= 0.3 is 6.18 Å². The highest BCUT2D eigenvalue weighted by molar-refractivity contribution is 5.94. The summed E-state index contributed by atoms with van der Waals surface area (Å²) >= 11 is 0. The molecule has 0 aliphatic rings. The van der Waals surface area contributed by atoms with Crippen molar-refractivity contribution in [2.45, 2.75) is 19.3 Å². The number of rotatable bonds is 6. The summed E-state index contributed by atoms with van der Waals surface area (Å²) in [6.45, 7) is 0.486. The maximum absolute atomic E-state index is 12.8. The molecular formula is C20H17F3N4O. The zero-order valence-electron chi connectivity index (χ0n) is 14.7. The van der Waals surface area contributed by atoms with Gasteiger partial charge in [-0.25, -0.2) is 4.98 Å². The van der Waals surface area contributed by atoms with Gasteiger partial charge in [-0.1, -0.05) is 18.2 Å². The smallest absolute Gasteiger partial charge is 0.366 e. The Morgan fingerprint density at radius 1 is 0.964 bits per heavy atom. The molecule has 0 atom stereocenters. The molecule has 0 fully saturated rings. The number of hydrogen-bond donors (Lipinski definition) is 2. The average molecular weight is 386 g/mol. The van der Waals surface area contributed by atoms with Gasteiger partial charge < -0.3 is 10.6 Å². The van der Waals surface area contributed by atoms with Gasteiger partial charge in [0.15, 0.2) is 0 Å². The fraction of sp³-hybridized carbons (Fsp3) is 0.150. The number of aromatic nitrogens is 2. The van der Waals surface area contributed by atoms with Gasteiger partial charge in [0.2, 0.25) is 0 Å². The maximum Gasteiger partial charge on any atom is 0.416 e. The highest BCUT2D eigenvalue weighted by Crippen LogP contribution is 2.29. The number of amides is 1. The van der Waals surface area contributed by atoms with E-state index >= 15 is 0 Å². The third kappa shape index (κ3) is 5.29. The van der Waals surface area contributed by atoms with E-state index in [1.54, 1.807) is 18.5 Å². The molecule has 28 heavy (non-hydrogen) atoms. The number of nitrogens with zero attached hydrogens (tertiary/aromatic N) is 2. The highest BCUT2D eigenvalue weighted by Gasteiger charge is 2.30. The van der Waals surface area contributed by atoms with Gasteiger partial charge in [-0.05, 0) is 41.5 Å². The average Bonchev–Trinajstić information content (AvgIpc) is 2.71. The molecule has 3 aromatic rings. The molecule has 0 bridgehead atoms. The van der Waals surface area contributed by atoms with Crippen molar-refractivity contribution in [3.8, 4) is 0 Å². The number of pyridine rings is 2. The molecule has 0 unspecified atom stereocenters. The third-order valence-corrected chi connectivity index (χ3v) is 3.93. The Kier molecular flexibility index (Phi) is 5.88. The monoisotopic (exact) mass is 386 g/mol. The lowest BCUT2D eigenvalue weighted by atomic mass is 10.1. The molecule has 0 radical (unpaired) electrons. The summed E-state index contributed by atoms with van der Waals surface area (Å²) in [5.41, 5.74) is 0.941. The van der Waals surface area contributed by atoms with Gasteiger partial charge in [0.1, 0.15) is 5.82 Å². The SMILES string of the molecule is O=C(NCc1cccc(C(F)(F)F)c1)c1ccnc(NCc2cccnc2)c1. The van der Waals surface area contributed by atoms with E-state index in [0.29, 0.717) is 23.5 Å². The van der Waals surface area contributed by atoms with Crippen LogP contribution in [0.4, 0.5) is 19.0 Å². The number of carbonyl (C=O) groups is 1. The second-order valence-electron chi connectivity index (χ2n) is 6.03. The Balaban J connectivity index is 1.60. The van der Waals surface area contributed by atoms with Crippen LogP contribution >= 0.6 is 0 Å². The number of anilines is 1. The van der Waals surface area contributed by atoms with Crippen molar-refractivity contribution in [2.75, 3.05) is 5.32 Å². The third-order valence-electron chi connectivity index (χ3n) is 3.93. The van der Waals surface area contributed by atoms with Crippen LogP contribution in [0, 0.1) is 0 Å². The number of hydrogen-bond acceptors (Lipinski definition) is 4. The molecule has 2 heterocycles. The summed E-state index contributed by atoms with van der Waals surface area (Å²) < 4.78 is 38.3. The summed E-state index contributed by atoms with van der Waals surface area (Å²) in [6, 6.07) is 11.7. The van der Waals surface area contributed by atoms with Gasteiger partial charge in [0.05, 0.1) is 5.56 Å². The summed E-state index contributed by atoms with van der Waals surface area (Å²) in [7, 11) is 0. The first-order valence-corrected chi connectivity index (χ1v) is 8.45. The zero-order chi connectivity index (χ0) is 20.0. The van der Waals surface area contributed by atoms with Gasteiger partial charge in [0.25, 0.3) is 5.91 Å². The Bertz CT molecular complexity index is 945. The predicted octanol–water partition coefficient (Wildman–Crippen LogP) is 4.04. The molecule has 2 aromatic heterocycles. The molecule has 0 aliphatic carbocycles. The summed E-state index contributed by atoms with van der Waals surface area (Å²) in [6.07, 6.45) is 0.473. The van der Waals surface area contributed by atoms with Crippen molar-refractivity contribution in [3.05, 3.63) is 89.4 Å². The van der Waals surface area contributed by atoms with E-state index < -0.39 is 17.6 Å². The molecule has 3 rings (SSSR count). The second kappa shape index (κ2) is 8.51. The number of benzene rings is 1. The Hall–Kier alpha value is -3.42. The Labute approximate surface area is 159 Å². The first-order valence-electron chi connectivity index (χ1n) is 8.45. The van der Waals surface area contributed by atoms with Crippen molar-refractivity contribution in [2.24, 2.45) is 0 Å². The van der Waals surface area contributed by atoms with E-state index in [1.165, 1.54) is 24.4 Å². The van der Waals surface area contributed by atoms with E-state index in [9.17, 15) is 18.0 Å². The molecule has 0 spiro atoms. The Morgan fingerprint density at radius 3 is 2.54 bits per heavy atom. The minimum absolute atomic E-state index is 0.0104. The molecule has 144 valence electrons. The summed E-state index contributed by atoms with van der Waals surface area (Å²) in [4.78, 5) is 20.5. The largest absolute Gasteiger partial charge is 0.416 e. The van der Waals surface area contributed by atoms with Crippen LogP contribution in [0.2, 0.25) is 0 Å². The lowest BCUT2D eigenvalue weighted by molar-refractivity contribution is -0.137. The van der Waals surface area contributed by atoms with Crippen molar-refractivity contribution in [1.29, 1.82) is 0 Å². The molecule has 8 heteroatoms. The number of nitrogens with one attached hydrogen (secondary N) is 2. The van der Waals surface area contributed by atoms with Crippen molar-refractivity contribution in [3.63, 3.8) is 0 Å². The van der Waals surface area contributed by atoms with Gasteiger partial charge in [-0.15, -0.1) is 0 Å². The molecule has 1 amide bonds.